The van der Waals surface area contributed by atoms with E-state index in [-0.39, 0.29) is 5.91 Å². The van der Waals surface area contributed by atoms with Crippen LogP contribution in [0.25, 0.3) is 0 Å². The van der Waals surface area contributed by atoms with Crippen LogP contribution in [0.4, 0.5) is 5.69 Å². The summed E-state index contributed by atoms with van der Waals surface area (Å²) >= 11 is 1.54. The molecule has 0 aliphatic carbocycles. The minimum absolute atomic E-state index is 0.000935. The van der Waals surface area contributed by atoms with E-state index in [0.29, 0.717) is 12.4 Å². The lowest BCUT2D eigenvalue weighted by atomic mass is 10.3. The average Bonchev–Trinajstić information content (AvgIpc) is 2.32. The summed E-state index contributed by atoms with van der Waals surface area (Å²) in [6.45, 7) is 6.18. The Labute approximate surface area is 106 Å². The SMILES string of the molecule is C=CCSCC(=O)Nc1ccc(OCC)cc1. The lowest BCUT2D eigenvalue weighted by Gasteiger charge is -2.06. The second-order valence-corrected chi connectivity index (χ2v) is 4.34. The van der Waals surface area contributed by atoms with Crippen LogP contribution in [0.3, 0.4) is 0 Å². The highest BCUT2D eigenvalue weighted by molar-refractivity contribution is 8.00. The minimum Gasteiger partial charge on any atom is -0.494 e. The number of anilines is 1. The van der Waals surface area contributed by atoms with Crippen molar-refractivity contribution in [2.75, 3.05) is 23.4 Å². The zero-order valence-corrected chi connectivity index (χ0v) is 10.8. The molecule has 0 fully saturated rings. The van der Waals surface area contributed by atoms with Gasteiger partial charge in [-0.2, -0.15) is 0 Å². The number of rotatable bonds is 7. The summed E-state index contributed by atoms with van der Waals surface area (Å²) in [7, 11) is 0. The molecule has 1 aromatic carbocycles. The van der Waals surface area contributed by atoms with Gasteiger partial charge in [-0.15, -0.1) is 18.3 Å². The van der Waals surface area contributed by atoms with Gasteiger partial charge < -0.3 is 10.1 Å². The largest absolute Gasteiger partial charge is 0.494 e. The van der Waals surface area contributed by atoms with E-state index in [1.54, 1.807) is 6.08 Å². The molecule has 0 bridgehead atoms. The van der Waals surface area contributed by atoms with Gasteiger partial charge in [0.1, 0.15) is 5.75 Å². The summed E-state index contributed by atoms with van der Waals surface area (Å²) in [4.78, 5) is 11.5. The highest BCUT2D eigenvalue weighted by atomic mass is 32.2. The van der Waals surface area contributed by atoms with Crippen LogP contribution < -0.4 is 10.1 Å². The van der Waals surface area contributed by atoms with Gasteiger partial charge in [0.2, 0.25) is 5.91 Å². The van der Waals surface area contributed by atoms with Gasteiger partial charge in [-0.1, -0.05) is 6.08 Å². The third kappa shape index (κ3) is 5.45. The van der Waals surface area contributed by atoms with Gasteiger partial charge in [0.05, 0.1) is 12.4 Å². The quantitative estimate of drug-likeness (QED) is 0.598. The second kappa shape index (κ2) is 7.79. The first kappa shape index (κ1) is 13.6. The summed E-state index contributed by atoms with van der Waals surface area (Å²) in [5, 5.41) is 2.82. The molecule has 92 valence electrons. The molecular weight excluding hydrogens is 234 g/mol. The van der Waals surface area contributed by atoms with E-state index >= 15 is 0 Å². The Kier molecular flexibility index (Phi) is 6.25. The van der Waals surface area contributed by atoms with Crippen molar-refractivity contribution in [2.45, 2.75) is 6.92 Å². The molecule has 0 heterocycles. The van der Waals surface area contributed by atoms with Crippen LogP contribution in [-0.2, 0) is 4.79 Å². The Hall–Kier alpha value is -1.42. The maximum Gasteiger partial charge on any atom is 0.234 e. The van der Waals surface area contributed by atoms with E-state index in [1.165, 1.54) is 11.8 Å². The van der Waals surface area contributed by atoms with E-state index in [0.717, 1.165) is 17.2 Å². The second-order valence-electron chi connectivity index (χ2n) is 3.31. The van der Waals surface area contributed by atoms with Crippen molar-refractivity contribution in [3.05, 3.63) is 36.9 Å². The highest BCUT2D eigenvalue weighted by Gasteiger charge is 2.01. The number of hydrogen-bond donors (Lipinski definition) is 1. The lowest BCUT2D eigenvalue weighted by Crippen LogP contribution is -2.14. The standard InChI is InChI=1S/C13H17NO2S/c1-3-9-17-10-13(15)14-11-5-7-12(8-6-11)16-4-2/h3,5-8H,1,4,9-10H2,2H3,(H,14,15). The number of nitrogens with one attached hydrogen (secondary N) is 1. The Morgan fingerprint density at radius 2 is 2.18 bits per heavy atom. The normalized spacial score (nSPS) is 9.71. The number of ether oxygens (including phenoxy) is 1. The first-order valence-corrected chi connectivity index (χ1v) is 6.63. The van der Waals surface area contributed by atoms with E-state index < -0.39 is 0 Å². The van der Waals surface area contributed by atoms with Crippen LogP contribution in [0.1, 0.15) is 6.92 Å². The van der Waals surface area contributed by atoms with Gasteiger partial charge in [-0.25, -0.2) is 0 Å². The Morgan fingerprint density at radius 1 is 1.47 bits per heavy atom. The molecule has 1 amide bonds. The third-order valence-corrected chi connectivity index (χ3v) is 2.86. The van der Waals surface area contributed by atoms with Gasteiger partial charge in [-0.05, 0) is 31.2 Å². The van der Waals surface area contributed by atoms with Gasteiger partial charge in [-0.3, -0.25) is 4.79 Å². The van der Waals surface area contributed by atoms with Crippen LogP contribution in [0.5, 0.6) is 5.75 Å². The maximum atomic E-state index is 11.5. The third-order valence-electron chi connectivity index (χ3n) is 1.92. The van der Waals surface area contributed by atoms with Crippen LogP contribution in [0.2, 0.25) is 0 Å². The molecule has 1 N–H and O–H groups in total. The van der Waals surface area contributed by atoms with E-state index in [4.69, 9.17) is 4.74 Å². The van der Waals surface area contributed by atoms with Crippen molar-refractivity contribution in [1.29, 1.82) is 0 Å². The number of thioether (sulfide) groups is 1. The average molecular weight is 251 g/mol. The number of hydrogen-bond acceptors (Lipinski definition) is 3. The van der Waals surface area contributed by atoms with Gasteiger partial charge in [0.15, 0.2) is 0 Å². The number of carbonyl (C=O) groups is 1. The minimum atomic E-state index is 0.000935. The number of benzene rings is 1. The summed E-state index contributed by atoms with van der Waals surface area (Å²) < 4.78 is 5.32. The molecule has 0 aliphatic rings. The molecule has 1 rings (SSSR count). The van der Waals surface area contributed by atoms with Crippen molar-refractivity contribution in [3.63, 3.8) is 0 Å². The molecule has 0 radical (unpaired) electrons. The summed E-state index contributed by atoms with van der Waals surface area (Å²) in [6.07, 6.45) is 1.79. The first-order valence-electron chi connectivity index (χ1n) is 5.47. The van der Waals surface area contributed by atoms with E-state index in [1.807, 2.05) is 31.2 Å². The van der Waals surface area contributed by atoms with Gasteiger partial charge >= 0.3 is 0 Å². The topological polar surface area (TPSA) is 38.3 Å². The van der Waals surface area contributed by atoms with Crippen LogP contribution in [-0.4, -0.2) is 24.0 Å². The molecule has 0 aromatic heterocycles. The monoisotopic (exact) mass is 251 g/mol. The lowest BCUT2D eigenvalue weighted by molar-refractivity contribution is -0.113. The molecule has 0 atom stereocenters. The molecule has 17 heavy (non-hydrogen) atoms. The molecule has 4 heteroatoms. The fourth-order valence-electron chi connectivity index (χ4n) is 1.23. The van der Waals surface area contributed by atoms with Crippen molar-refractivity contribution < 1.29 is 9.53 Å². The van der Waals surface area contributed by atoms with Gasteiger partial charge in [0, 0.05) is 11.4 Å². The Balaban J connectivity index is 2.40. The van der Waals surface area contributed by atoms with Crippen molar-refractivity contribution >= 4 is 23.4 Å². The molecule has 0 aliphatic heterocycles. The van der Waals surface area contributed by atoms with Crippen LogP contribution in [0, 0.1) is 0 Å². The molecule has 3 nitrogen and oxygen atoms in total. The zero-order chi connectivity index (χ0) is 12.5. The molecule has 0 saturated heterocycles. The molecule has 0 unspecified atom stereocenters. The van der Waals surface area contributed by atoms with Crippen molar-refractivity contribution in [1.82, 2.24) is 0 Å². The fraction of sp³-hybridized carbons (Fsp3) is 0.308. The smallest absolute Gasteiger partial charge is 0.234 e. The maximum absolute atomic E-state index is 11.5. The van der Waals surface area contributed by atoms with E-state index in [9.17, 15) is 4.79 Å². The summed E-state index contributed by atoms with van der Waals surface area (Å²) in [5.41, 5.74) is 0.789. The molecule has 1 aromatic rings. The highest BCUT2D eigenvalue weighted by Crippen LogP contribution is 2.15. The summed E-state index contributed by atoms with van der Waals surface area (Å²) in [6, 6.07) is 7.36. The molecular formula is C13H17NO2S. The predicted octanol–water partition coefficient (Wildman–Crippen LogP) is 2.94. The molecule has 0 saturated carbocycles. The Morgan fingerprint density at radius 3 is 2.76 bits per heavy atom. The van der Waals surface area contributed by atoms with Crippen LogP contribution >= 0.6 is 11.8 Å². The first-order chi connectivity index (χ1) is 8.26. The molecule has 0 spiro atoms. The fourth-order valence-corrected chi connectivity index (χ4v) is 1.78. The number of amides is 1. The predicted molar refractivity (Wildman–Crippen MR) is 73.8 cm³/mol. The number of carbonyl (C=O) groups excluding carboxylic acids is 1. The van der Waals surface area contributed by atoms with Gasteiger partial charge in [0.25, 0.3) is 0 Å². The van der Waals surface area contributed by atoms with E-state index in [2.05, 4.69) is 11.9 Å². The zero-order valence-electron chi connectivity index (χ0n) is 9.94. The van der Waals surface area contributed by atoms with Crippen molar-refractivity contribution in [3.8, 4) is 5.75 Å². The van der Waals surface area contributed by atoms with Crippen molar-refractivity contribution in [2.24, 2.45) is 0 Å². The van der Waals surface area contributed by atoms with Crippen LogP contribution in [0.15, 0.2) is 36.9 Å². The summed E-state index contributed by atoms with van der Waals surface area (Å²) in [5.74, 6) is 2.04. The Bertz CT molecular complexity index is 362.